The van der Waals surface area contributed by atoms with Crippen molar-refractivity contribution in [1.82, 2.24) is 14.9 Å². The molecule has 1 amide bonds. The molecule has 1 aromatic carbocycles. The van der Waals surface area contributed by atoms with Crippen molar-refractivity contribution in [2.24, 2.45) is 0 Å². The number of pyridine rings is 1. The summed E-state index contributed by atoms with van der Waals surface area (Å²) in [7, 11) is 0. The van der Waals surface area contributed by atoms with E-state index in [0.717, 1.165) is 23.3 Å². The first-order valence-electron chi connectivity index (χ1n) is 8.42. The standard InChI is InChI=1S/C20H23N3O/c1-3-20(24)23(14-17-8-6-7-15(2)22-17)12-11-16-13-21-19-10-5-4-9-18(16)19/h4-10,13,21H,3,11-12,14H2,1-2H3. The van der Waals surface area contributed by atoms with Crippen LogP contribution >= 0.6 is 0 Å². The van der Waals surface area contributed by atoms with E-state index in [4.69, 9.17) is 0 Å². The molecule has 0 aliphatic carbocycles. The number of amides is 1. The van der Waals surface area contributed by atoms with Gasteiger partial charge in [-0.25, -0.2) is 0 Å². The second-order valence-electron chi connectivity index (χ2n) is 6.05. The molecule has 3 rings (SSSR count). The number of hydrogen-bond acceptors (Lipinski definition) is 2. The number of H-pyrrole nitrogens is 1. The average Bonchev–Trinajstić information content (AvgIpc) is 3.01. The van der Waals surface area contributed by atoms with Crippen LogP contribution in [0, 0.1) is 6.92 Å². The molecule has 1 N–H and O–H groups in total. The Kier molecular flexibility index (Phi) is 4.94. The molecule has 0 aliphatic heterocycles. The first kappa shape index (κ1) is 16.2. The van der Waals surface area contributed by atoms with Crippen molar-refractivity contribution < 1.29 is 4.79 Å². The molecule has 2 heterocycles. The van der Waals surface area contributed by atoms with E-state index in [2.05, 4.69) is 22.1 Å². The lowest BCUT2D eigenvalue weighted by Gasteiger charge is -2.22. The molecule has 24 heavy (non-hydrogen) atoms. The van der Waals surface area contributed by atoms with Gasteiger partial charge in [0.1, 0.15) is 0 Å². The minimum absolute atomic E-state index is 0.165. The molecule has 4 heteroatoms. The van der Waals surface area contributed by atoms with Crippen LogP contribution in [0.4, 0.5) is 0 Å². The fourth-order valence-electron chi connectivity index (χ4n) is 2.99. The zero-order valence-corrected chi connectivity index (χ0v) is 14.2. The fourth-order valence-corrected chi connectivity index (χ4v) is 2.99. The molecule has 0 saturated heterocycles. The highest BCUT2D eigenvalue weighted by atomic mass is 16.2. The number of nitrogens with zero attached hydrogens (tertiary/aromatic N) is 2. The van der Waals surface area contributed by atoms with Crippen molar-refractivity contribution in [2.45, 2.75) is 33.2 Å². The summed E-state index contributed by atoms with van der Waals surface area (Å²) in [5.41, 5.74) is 4.31. The number of benzene rings is 1. The number of aromatic amines is 1. The summed E-state index contributed by atoms with van der Waals surface area (Å²) in [5, 5.41) is 1.23. The lowest BCUT2D eigenvalue weighted by molar-refractivity contribution is -0.131. The normalized spacial score (nSPS) is 10.9. The molecule has 2 aromatic heterocycles. The largest absolute Gasteiger partial charge is 0.361 e. The monoisotopic (exact) mass is 321 g/mol. The van der Waals surface area contributed by atoms with Crippen LogP contribution in [-0.4, -0.2) is 27.3 Å². The van der Waals surface area contributed by atoms with Crippen molar-refractivity contribution >= 4 is 16.8 Å². The van der Waals surface area contributed by atoms with Gasteiger partial charge < -0.3 is 9.88 Å². The second-order valence-corrected chi connectivity index (χ2v) is 6.05. The minimum atomic E-state index is 0.165. The van der Waals surface area contributed by atoms with Gasteiger partial charge in [-0.15, -0.1) is 0 Å². The van der Waals surface area contributed by atoms with Crippen LogP contribution in [-0.2, 0) is 17.8 Å². The topological polar surface area (TPSA) is 49.0 Å². The summed E-state index contributed by atoms with van der Waals surface area (Å²) >= 11 is 0. The van der Waals surface area contributed by atoms with Crippen LogP contribution in [0.3, 0.4) is 0 Å². The van der Waals surface area contributed by atoms with Crippen LogP contribution in [0.2, 0.25) is 0 Å². The molecule has 4 nitrogen and oxygen atoms in total. The summed E-state index contributed by atoms with van der Waals surface area (Å²) in [6, 6.07) is 14.2. The molecule has 0 saturated carbocycles. The van der Waals surface area contributed by atoms with Crippen LogP contribution in [0.1, 0.15) is 30.3 Å². The summed E-state index contributed by atoms with van der Waals surface area (Å²) < 4.78 is 0. The van der Waals surface area contributed by atoms with Crippen molar-refractivity contribution in [3.63, 3.8) is 0 Å². The van der Waals surface area contributed by atoms with Crippen molar-refractivity contribution in [1.29, 1.82) is 0 Å². The van der Waals surface area contributed by atoms with Gasteiger partial charge in [-0.3, -0.25) is 9.78 Å². The maximum atomic E-state index is 12.3. The van der Waals surface area contributed by atoms with Gasteiger partial charge >= 0.3 is 0 Å². The predicted octanol–water partition coefficient (Wildman–Crippen LogP) is 3.85. The van der Waals surface area contributed by atoms with Gasteiger partial charge in [0.2, 0.25) is 5.91 Å². The smallest absolute Gasteiger partial charge is 0.222 e. The number of hydrogen-bond donors (Lipinski definition) is 1. The van der Waals surface area contributed by atoms with Gasteiger partial charge in [0.05, 0.1) is 12.2 Å². The van der Waals surface area contributed by atoms with E-state index >= 15 is 0 Å². The maximum absolute atomic E-state index is 12.3. The second kappa shape index (κ2) is 7.30. The molecule has 0 aliphatic rings. The summed E-state index contributed by atoms with van der Waals surface area (Å²) in [6.07, 6.45) is 3.39. The Morgan fingerprint density at radius 2 is 2.00 bits per heavy atom. The summed E-state index contributed by atoms with van der Waals surface area (Å²) in [6.45, 7) is 5.15. The van der Waals surface area contributed by atoms with E-state index < -0.39 is 0 Å². The number of aryl methyl sites for hydroxylation is 1. The Morgan fingerprint density at radius 1 is 1.17 bits per heavy atom. The predicted molar refractivity (Wildman–Crippen MR) is 96.7 cm³/mol. The summed E-state index contributed by atoms with van der Waals surface area (Å²) in [5.74, 6) is 0.165. The molecule has 0 unspecified atom stereocenters. The number of aromatic nitrogens is 2. The number of fused-ring (bicyclic) bond motifs is 1. The Hall–Kier alpha value is -2.62. The zero-order chi connectivity index (χ0) is 16.9. The number of para-hydroxylation sites is 1. The lowest BCUT2D eigenvalue weighted by atomic mass is 10.1. The highest BCUT2D eigenvalue weighted by Gasteiger charge is 2.14. The van der Waals surface area contributed by atoms with E-state index in [9.17, 15) is 4.79 Å². The third kappa shape index (κ3) is 3.65. The van der Waals surface area contributed by atoms with Crippen LogP contribution < -0.4 is 0 Å². The van der Waals surface area contributed by atoms with E-state index in [-0.39, 0.29) is 5.91 Å². The first-order valence-corrected chi connectivity index (χ1v) is 8.42. The lowest BCUT2D eigenvalue weighted by Crippen LogP contribution is -2.32. The molecule has 124 valence electrons. The SMILES string of the molecule is CCC(=O)N(CCc1c[nH]c2ccccc12)Cc1cccc(C)n1. The van der Waals surface area contributed by atoms with Gasteiger partial charge in [-0.2, -0.15) is 0 Å². The van der Waals surface area contributed by atoms with Crippen LogP contribution in [0.25, 0.3) is 10.9 Å². The number of carbonyl (C=O) groups excluding carboxylic acids is 1. The fraction of sp³-hybridized carbons (Fsp3) is 0.300. The highest BCUT2D eigenvalue weighted by molar-refractivity contribution is 5.83. The van der Waals surface area contributed by atoms with E-state index in [1.807, 2.05) is 55.3 Å². The van der Waals surface area contributed by atoms with Gasteiger partial charge in [0, 0.05) is 35.8 Å². The molecule has 0 radical (unpaired) electrons. The third-order valence-electron chi connectivity index (χ3n) is 4.28. The van der Waals surface area contributed by atoms with Crippen LogP contribution in [0.5, 0.6) is 0 Å². The van der Waals surface area contributed by atoms with E-state index in [1.54, 1.807) is 0 Å². The van der Waals surface area contributed by atoms with Gasteiger partial charge in [0.25, 0.3) is 0 Å². The van der Waals surface area contributed by atoms with Crippen LogP contribution in [0.15, 0.2) is 48.7 Å². The Labute approximate surface area is 142 Å². The molecule has 0 atom stereocenters. The average molecular weight is 321 g/mol. The molecular weight excluding hydrogens is 298 g/mol. The van der Waals surface area contributed by atoms with Gasteiger partial charge in [-0.05, 0) is 37.1 Å². The quantitative estimate of drug-likeness (QED) is 0.749. The molecule has 3 aromatic rings. The van der Waals surface area contributed by atoms with E-state index in [1.165, 1.54) is 10.9 Å². The first-order chi connectivity index (χ1) is 11.7. The molecule has 0 bridgehead atoms. The zero-order valence-electron chi connectivity index (χ0n) is 14.2. The third-order valence-corrected chi connectivity index (χ3v) is 4.28. The van der Waals surface area contributed by atoms with Crippen molar-refractivity contribution in [3.8, 4) is 0 Å². The Balaban J connectivity index is 1.74. The molecule has 0 fully saturated rings. The van der Waals surface area contributed by atoms with E-state index in [0.29, 0.717) is 19.5 Å². The van der Waals surface area contributed by atoms with Gasteiger partial charge in [-0.1, -0.05) is 31.2 Å². The van der Waals surface area contributed by atoms with Gasteiger partial charge in [0.15, 0.2) is 0 Å². The number of carbonyl (C=O) groups is 1. The minimum Gasteiger partial charge on any atom is -0.361 e. The Morgan fingerprint density at radius 3 is 2.79 bits per heavy atom. The molecular formula is C20H23N3O. The highest BCUT2D eigenvalue weighted by Crippen LogP contribution is 2.18. The molecule has 0 spiro atoms. The summed E-state index contributed by atoms with van der Waals surface area (Å²) in [4.78, 5) is 22.0. The maximum Gasteiger partial charge on any atom is 0.222 e. The number of rotatable bonds is 6. The Bertz CT molecular complexity index is 838. The van der Waals surface area contributed by atoms with Crippen molar-refractivity contribution in [2.75, 3.05) is 6.54 Å². The number of nitrogens with one attached hydrogen (secondary N) is 1. The van der Waals surface area contributed by atoms with Crippen molar-refractivity contribution in [3.05, 3.63) is 65.6 Å².